The Hall–Kier alpha value is -2.55. The minimum Gasteiger partial charge on any atom is -0.384 e. The molecule has 0 atom stereocenters. The Morgan fingerprint density at radius 2 is 1.43 bits per heavy atom. The van der Waals surface area contributed by atoms with Gasteiger partial charge in [-0.3, -0.25) is 4.79 Å². The van der Waals surface area contributed by atoms with Gasteiger partial charge in [0.2, 0.25) is 5.91 Å². The summed E-state index contributed by atoms with van der Waals surface area (Å²) < 4.78 is 0. The highest BCUT2D eigenvalue weighted by Gasteiger charge is 2.20. The summed E-state index contributed by atoms with van der Waals surface area (Å²) in [4.78, 5) is 12.4. The van der Waals surface area contributed by atoms with Crippen LogP contribution in [0.1, 0.15) is 30.4 Å². The average molecular weight is 306 g/mol. The molecule has 23 heavy (non-hydrogen) atoms. The predicted octanol–water partition coefficient (Wildman–Crippen LogP) is 3.53. The van der Waals surface area contributed by atoms with Crippen LogP contribution in [0.5, 0.6) is 0 Å². The number of amides is 1. The number of nitrogens with one attached hydrogen (secondary N) is 2. The Kier molecular flexibility index (Phi) is 5.09. The zero-order valence-corrected chi connectivity index (χ0v) is 13.2. The molecule has 3 rings (SSSR count). The van der Waals surface area contributed by atoms with Gasteiger partial charge < -0.3 is 10.6 Å². The highest BCUT2D eigenvalue weighted by atomic mass is 16.1. The molecule has 118 valence electrons. The standard InChI is InChI=1S/C20H22N2O/c23-20(22-15-17-10-5-2-6-11-17)18-12-7-13-19(18)21-14-16-8-3-1-4-9-16/h1-6,8-11,21H,7,12-15H2,(H,22,23). The molecule has 0 fully saturated rings. The van der Waals surface area contributed by atoms with E-state index in [0.29, 0.717) is 6.54 Å². The minimum atomic E-state index is 0.0573. The van der Waals surface area contributed by atoms with E-state index in [1.54, 1.807) is 0 Å². The molecule has 1 amide bonds. The predicted molar refractivity (Wildman–Crippen MR) is 92.4 cm³/mol. The molecule has 0 saturated heterocycles. The first-order valence-corrected chi connectivity index (χ1v) is 8.15. The highest BCUT2D eigenvalue weighted by Crippen LogP contribution is 2.24. The van der Waals surface area contributed by atoms with Gasteiger partial charge in [0, 0.05) is 24.4 Å². The molecule has 3 nitrogen and oxygen atoms in total. The van der Waals surface area contributed by atoms with Gasteiger partial charge >= 0.3 is 0 Å². The Morgan fingerprint density at radius 3 is 2.09 bits per heavy atom. The largest absolute Gasteiger partial charge is 0.384 e. The molecule has 0 aliphatic heterocycles. The van der Waals surface area contributed by atoms with Gasteiger partial charge in [0.05, 0.1) is 0 Å². The first-order chi connectivity index (χ1) is 11.3. The van der Waals surface area contributed by atoms with Crippen LogP contribution in [-0.4, -0.2) is 5.91 Å². The summed E-state index contributed by atoms with van der Waals surface area (Å²) in [5.74, 6) is 0.0573. The van der Waals surface area contributed by atoms with E-state index < -0.39 is 0 Å². The molecule has 0 radical (unpaired) electrons. The van der Waals surface area contributed by atoms with E-state index in [1.807, 2.05) is 48.5 Å². The van der Waals surface area contributed by atoms with Gasteiger partial charge in [0.25, 0.3) is 0 Å². The number of allylic oxidation sites excluding steroid dienone is 1. The molecule has 0 unspecified atom stereocenters. The summed E-state index contributed by atoms with van der Waals surface area (Å²) in [6, 6.07) is 20.3. The van der Waals surface area contributed by atoms with Gasteiger partial charge in [-0.15, -0.1) is 0 Å². The molecule has 0 spiro atoms. The number of hydrogen-bond acceptors (Lipinski definition) is 2. The van der Waals surface area contributed by atoms with Crippen molar-refractivity contribution >= 4 is 5.91 Å². The maximum atomic E-state index is 12.4. The van der Waals surface area contributed by atoms with Gasteiger partial charge in [-0.25, -0.2) is 0 Å². The van der Waals surface area contributed by atoms with Gasteiger partial charge in [0.15, 0.2) is 0 Å². The summed E-state index contributed by atoms with van der Waals surface area (Å²) in [5, 5.41) is 6.48. The van der Waals surface area contributed by atoms with Crippen molar-refractivity contribution in [1.82, 2.24) is 10.6 Å². The number of carbonyl (C=O) groups is 1. The lowest BCUT2D eigenvalue weighted by Gasteiger charge is -2.11. The minimum absolute atomic E-state index is 0.0573. The molecule has 0 bridgehead atoms. The van der Waals surface area contributed by atoms with E-state index in [4.69, 9.17) is 0 Å². The molecule has 2 aromatic rings. The van der Waals surface area contributed by atoms with Crippen LogP contribution in [0.4, 0.5) is 0 Å². The van der Waals surface area contributed by atoms with E-state index in [1.165, 1.54) is 5.56 Å². The lowest BCUT2D eigenvalue weighted by Crippen LogP contribution is -2.26. The number of hydrogen-bond donors (Lipinski definition) is 2. The molecule has 0 heterocycles. The van der Waals surface area contributed by atoms with Crippen molar-refractivity contribution in [3.63, 3.8) is 0 Å². The maximum Gasteiger partial charge on any atom is 0.249 e. The van der Waals surface area contributed by atoms with E-state index >= 15 is 0 Å². The molecular formula is C20H22N2O. The maximum absolute atomic E-state index is 12.4. The van der Waals surface area contributed by atoms with Gasteiger partial charge in [-0.05, 0) is 30.4 Å². The van der Waals surface area contributed by atoms with Gasteiger partial charge in [-0.2, -0.15) is 0 Å². The number of carbonyl (C=O) groups excluding carboxylic acids is 1. The van der Waals surface area contributed by atoms with Crippen LogP contribution in [-0.2, 0) is 17.9 Å². The van der Waals surface area contributed by atoms with Crippen LogP contribution >= 0.6 is 0 Å². The van der Waals surface area contributed by atoms with Crippen molar-refractivity contribution < 1.29 is 4.79 Å². The van der Waals surface area contributed by atoms with Crippen molar-refractivity contribution in [2.24, 2.45) is 0 Å². The fraction of sp³-hybridized carbons (Fsp3) is 0.250. The second-order valence-electron chi connectivity index (χ2n) is 5.82. The summed E-state index contributed by atoms with van der Waals surface area (Å²) >= 11 is 0. The quantitative estimate of drug-likeness (QED) is 0.857. The molecule has 2 N–H and O–H groups in total. The lowest BCUT2D eigenvalue weighted by atomic mass is 10.1. The fourth-order valence-corrected chi connectivity index (χ4v) is 2.88. The second-order valence-corrected chi connectivity index (χ2v) is 5.82. The average Bonchev–Trinajstić information content (AvgIpc) is 3.08. The van der Waals surface area contributed by atoms with Crippen LogP contribution in [0.3, 0.4) is 0 Å². The van der Waals surface area contributed by atoms with Crippen LogP contribution in [0, 0.1) is 0 Å². The molecule has 1 aliphatic carbocycles. The third-order valence-electron chi connectivity index (χ3n) is 4.14. The van der Waals surface area contributed by atoms with Crippen molar-refractivity contribution in [1.29, 1.82) is 0 Å². The molecule has 0 aromatic heterocycles. The summed E-state index contributed by atoms with van der Waals surface area (Å²) in [6.45, 7) is 1.35. The van der Waals surface area contributed by atoms with Crippen molar-refractivity contribution in [3.8, 4) is 0 Å². The molecule has 2 aromatic carbocycles. The summed E-state index contributed by atoms with van der Waals surface area (Å²) in [7, 11) is 0. The SMILES string of the molecule is O=C(NCc1ccccc1)C1=C(NCc2ccccc2)CCC1. The first-order valence-electron chi connectivity index (χ1n) is 8.15. The van der Waals surface area contributed by atoms with Crippen molar-refractivity contribution in [2.75, 3.05) is 0 Å². The molecule has 3 heteroatoms. The van der Waals surface area contributed by atoms with Crippen LogP contribution < -0.4 is 10.6 Å². The van der Waals surface area contributed by atoms with Gasteiger partial charge in [0.1, 0.15) is 0 Å². The lowest BCUT2D eigenvalue weighted by molar-refractivity contribution is -0.117. The van der Waals surface area contributed by atoms with Gasteiger partial charge in [-0.1, -0.05) is 60.7 Å². The Labute approximate surface area is 137 Å². The molecular weight excluding hydrogens is 284 g/mol. The normalized spacial score (nSPS) is 13.9. The topological polar surface area (TPSA) is 41.1 Å². The Bertz CT molecular complexity index is 677. The zero-order valence-electron chi connectivity index (χ0n) is 13.2. The summed E-state index contributed by atoms with van der Waals surface area (Å²) in [5.41, 5.74) is 4.37. The smallest absolute Gasteiger partial charge is 0.249 e. The molecule has 0 saturated carbocycles. The third-order valence-corrected chi connectivity index (χ3v) is 4.14. The van der Waals surface area contributed by atoms with E-state index in [9.17, 15) is 4.79 Å². The molecule has 1 aliphatic rings. The second kappa shape index (κ2) is 7.63. The van der Waals surface area contributed by atoms with Crippen LogP contribution in [0.2, 0.25) is 0 Å². The number of rotatable bonds is 6. The van der Waals surface area contributed by atoms with E-state index in [-0.39, 0.29) is 5.91 Å². The van der Waals surface area contributed by atoms with Crippen LogP contribution in [0.15, 0.2) is 71.9 Å². The summed E-state index contributed by atoms with van der Waals surface area (Å²) in [6.07, 6.45) is 2.86. The van der Waals surface area contributed by atoms with E-state index in [0.717, 1.165) is 42.6 Å². The highest BCUT2D eigenvalue weighted by molar-refractivity contribution is 5.94. The fourth-order valence-electron chi connectivity index (χ4n) is 2.88. The van der Waals surface area contributed by atoms with E-state index in [2.05, 4.69) is 22.8 Å². The van der Waals surface area contributed by atoms with Crippen molar-refractivity contribution in [3.05, 3.63) is 83.1 Å². The number of benzene rings is 2. The monoisotopic (exact) mass is 306 g/mol. The van der Waals surface area contributed by atoms with Crippen LogP contribution in [0.25, 0.3) is 0 Å². The third kappa shape index (κ3) is 4.22. The van der Waals surface area contributed by atoms with Crippen molar-refractivity contribution in [2.45, 2.75) is 32.4 Å². The Morgan fingerprint density at radius 1 is 0.826 bits per heavy atom. The zero-order chi connectivity index (χ0) is 15.9. The Balaban J connectivity index is 1.59. The first kappa shape index (κ1) is 15.3.